The van der Waals surface area contributed by atoms with Gasteiger partial charge in [0.2, 0.25) is 17.7 Å². The smallest absolute Gasteiger partial charge is 0.308 e. The molecule has 3 amide bonds. The first-order valence-electron chi connectivity index (χ1n) is 13.4. The van der Waals surface area contributed by atoms with Gasteiger partial charge in [-0.1, -0.05) is 40.8 Å². The summed E-state index contributed by atoms with van der Waals surface area (Å²) in [4.78, 5) is 55.9. The van der Waals surface area contributed by atoms with Crippen LogP contribution in [0.1, 0.15) is 16.4 Å². The van der Waals surface area contributed by atoms with Crippen molar-refractivity contribution in [1.29, 1.82) is 0 Å². The maximum Gasteiger partial charge on any atom is 0.308 e. The highest BCUT2D eigenvalue weighted by Gasteiger charge is 2.57. The van der Waals surface area contributed by atoms with E-state index in [1.807, 2.05) is 0 Å². The van der Waals surface area contributed by atoms with Crippen molar-refractivity contribution in [3.05, 3.63) is 91.9 Å². The highest BCUT2D eigenvalue weighted by atomic mass is 35.5. The fraction of sp³-hybridized carbons (Fsp3) is 0.226. The van der Waals surface area contributed by atoms with Crippen molar-refractivity contribution in [1.82, 2.24) is 4.57 Å². The predicted octanol–water partition coefficient (Wildman–Crippen LogP) is 5.02. The molecule has 6 rings (SSSR count). The van der Waals surface area contributed by atoms with Crippen LogP contribution in [0.2, 0.25) is 5.02 Å². The molecule has 0 aliphatic carbocycles. The Hall–Kier alpha value is -4.26. The standard InChI is InChI=1S/C31H26ClN3O7S2/c1-40-20-11-7-18(8-12-20)33-23(36)15-34-30-27(44-31(34)39)24(16-4-13-21(41-2)22(14-16)42-3)25-26(43-30)29(38)35(28(25)37)19-9-5-17(32)6-10-19/h4-14,24-26H,15H2,1-3H3,(H,33,36)/t24-,25?,26?/m1/s1. The second-order valence-electron chi connectivity index (χ2n) is 10.0. The summed E-state index contributed by atoms with van der Waals surface area (Å²) < 4.78 is 17.5. The van der Waals surface area contributed by atoms with E-state index < -0.39 is 28.9 Å². The summed E-state index contributed by atoms with van der Waals surface area (Å²) in [6.07, 6.45) is 0. The minimum atomic E-state index is -0.839. The summed E-state index contributed by atoms with van der Waals surface area (Å²) >= 11 is 8.18. The maximum atomic E-state index is 14.1. The van der Waals surface area contributed by atoms with Crippen molar-refractivity contribution in [3.8, 4) is 17.2 Å². The van der Waals surface area contributed by atoms with Gasteiger partial charge in [-0.15, -0.1) is 0 Å². The fourth-order valence-corrected chi connectivity index (χ4v) is 8.42. The Morgan fingerprint density at radius 3 is 2.25 bits per heavy atom. The SMILES string of the molecule is COc1ccc(NC(=O)Cn2c3c(sc2=O)[C@H](c2ccc(OC)c(OC)c2)C2C(=O)N(c4ccc(Cl)cc4)C(=O)C2S3)cc1. The molecule has 3 aromatic carbocycles. The van der Waals surface area contributed by atoms with Crippen LogP contribution in [0.4, 0.5) is 11.4 Å². The van der Waals surface area contributed by atoms with Crippen molar-refractivity contribution < 1.29 is 28.6 Å². The number of thioether (sulfide) groups is 1. The maximum absolute atomic E-state index is 14.1. The van der Waals surface area contributed by atoms with E-state index in [1.165, 1.54) is 23.7 Å². The van der Waals surface area contributed by atoms with Gasteiger partial charge in [-0.2, -0.15) is 0 Å². The molecule has 0 saturated carbocycles. The highest BCUT2D eigenvalue weighted by molar-refractivity contribution is 8.00. The Balaban J connectivity index is 1.41. The fourth-order valence-electron chi connectivity index (χ4n) is 5.52. The van der Waals surface area contributed by atoms with Gasteiger partial charge in [0, 0.05) is 21.5 Å². The number of imide groups is 1. The lowest BCUT2D eigenvalue weighted by molar-refractivity contribution is -0.122. The number of aromatic nitrogens is 1. The average Bonchev–Trinajstić information content (AvgIpc) is 3.47. The van der Waals surface area contributed by atoms with Crippen LogP contribution >= 0.6 is 34.7 Å². The number of hydrogen-bond donors (Lipinski definition) is 1. The molecule has 13 heteroatoms. The van der Waals surface area contributed by atoms with Crippen molar-refractivity contribution in [2.75, 3.05) is 31.5 Å². The zero-order valence-electron chi connectivity index (χ0n) is 23.7. The number of benzene rings is 3. The molecule has 226 valence electrons. The minimum Gasteiger partial charge on any atom is -0.497 e. The topological polar surface area (TPSA) is 116 Å². The lowest BCUT2D eigenvalue weighted by Gasteiger charge is -2.31. The summed E-state index contributed by atoms with van der Waals surface area (Å²) in [6.45, 7) is -0.275. The first kappa shape index (κ1) is 29.8. The first-order valence-corrected chi connectivity index (χ1v) is 15.5. The van der Waals surface area contributed by atoms with Gasteiger partial charge in [0.25, 0.3) is 0 Å². The number of anilines is 2. The van der Waals surface area contributed by atoms with Gasteiger partial charge in [-0.05, 0) is 66.2 Å². The van der Waals surface area contributed by atoms with E-state index in [9.17, 15) is 19.2 Å². The molecule has 3 atom stereocenters. The molecule has 10 nitrogen and oxygen atoms in total. The van der Waals surface area contributed by atoms with Gasteiger partial charge >= 0.3 is 4.87 Å². The zero-order chi connectivity index (χ0) is 31.1. The molecule has 0 spiro atoms. The van der Waals surface area contributed by atoms with Crippen LogP contribution < -0.4 is 29.3 Å². The molecule has 44 heavy (non-hydrogen) atoms. The van der Waals surface area contributed by atoms with Crippen LogP contribution in [0.3, 0.4) is 0 Å². The summed E-state index contributed by atoms with van der Waals surface area (Å²) in [5.74, 6) is -1.10. The van der Waals surface area contributed by atoms with Crippen molar-refractivity contribution in [2.24, 2.45) is 5.92 Å². The number of nitrogens with zero attached hydrogens (tertiary/aromatic N) is 2. The highest BCUT2D eigenvalue weighted by Crippen LogP contribution is 2.54. The molecular formula is C31H26ClN3O7S2. The quantitative estimate of drug-likeness (QED) is 0.264. The van der Waals surface area contributed by atoms with E-state index in [0.29, 0.717) is 49.1 Å². The Kier molecular flexibility index (Phi) is 8.14. The van der Waals surface area contributed by atoms with E-state index >= 15 is 0 Å². The Morgan fingerprint density at radius 2 is 1.59 bits per heavy atom. The van der Waals surface area contributed by atoms with Crippen LogP contribution in [0.5, 0.6) is 17.2 Å². The first-order chi connectivity index (χ1) is 21.2. The number of amides is 3. The van der Waals surface area contributed by atoms with Crippen LogP contribution in [-0.2, 0) is 20.9 Å². The number of thiazole rings is 1. The lowest BCUT2D eigenvalue weighted by Crippen LogP contribution is -2.33. The van der Waals surface area contributed by atoms with Crippen LogP contribution in [-0.4, -0.2) is 48.9 Å². The molecule has 2 aliphatic rings. The van der Waals surface area contributed by atoms with E-state index in [1.54, 1.807) is 73.8 Å². The van der Waals surface area contributed by atoms with Gasteiger partial charge < -0.3 is 19.5 Å². The monoisotopic (exact) mass is 651 g/mol. The van der Waals surface area contributed by atoms with E-state index in [-0.39, 0.29) is 17.3 Å². The number of ether oxygens (including phenoxy) is 3. The Morgan fingerprint density at radius 1 is 0.886 bits per heavy atom. The van der Waals surface area contributed by atoms with Gasteiger partial charge in [-0.3, -0.25) is 23.7 Å². The number of halogens is 1. The number of carbonyl (C=O) groups excluding carboxylic acids is 3. The number of rotatable bonds is 8. The lowest BCUT2D eigenvalue weighted by atomic mass is 9.83. The summed E-state index contributed by atoms with van der Waals surface area (Å²) in [5.41, 5.74) is 1.62. The Bertz CT molecular complexity index is 1820. The van der Waals surface area contributed by atoms with Gasteiger partial charge in [0.15, 0.2) is 11.5 Å². The summed E-state index contributed by atoms with van der Waals surface area (Å²) in [6, 6.07) is 18.6. The number of nitrogens with one attached hydrogen (secondary N) is 1. The second-order valence-corrected chi connectivity index (χ2v) is 12.6. The molecule has 4 aromatic rings. The third-order valence-electron chi connectivity index (χ3n) is 7.58. The van der Waals surface area contributed by atoms with Crippen LogP contribution in [0.25, 0.3) is 0 Å². The van der Waals surface area contributed by atoms with Crippen molar-refractivity contribution in [3.63, 3.8) is 0 Å². The molecule has 2 aliphatic heterocycles. The van der Waals surface area contributed by atoms with E-state index in [0.717, 1.165) is 23.1 Å². The number of carbonyl (C=O) groups is 3. The van der Waals surface area contributed by atoms with Gasteiger partial charge in [0.1, 0.15) is 17.5 Å². The van der Waals surface area contributed by atoms with Crippen molar-refractivity contribution in [2.45, 2.75) is 22.7 Å². The third kappa shape index (κ3) is 5.23. The normalized spacial score (nSPS) is 18.9. The molecular weight excluding hydrogens is 626 g/mol. The van der Waals surface area contributed by atoms with Gasteiger partial charge in [-0.25, -0.2) is 4.90 Å². The molecule has 0 radical (unpaired) electrons. The predicted molar refractivity (Wildman–Crippen MR) is 169 cm³/mol. The average molecular weight is 652 g/mol. The zero-order valence-corrected chi connectivity index (χ0v) is 26.1. The van der Waals surface area contributed by atoms with E-state index in [4.69, 9.17) is 25.8 Å². The Labute approximate surface area is 265 Å². The number of hydrogen-bond acceptors (Lipinski definition) is 9. The molecule has 1 N–H and O–H groups in total. The van der Waals surface area contributed by atoms with Crippen LogP contribution in [0.15, 0.2) is 76.6 Å². The number of methoxy groups -OCH3 is 3. The van der Waals surface area contributed by atoms with Crippen LogP contribution in [0, 0.1) is 5.92 Å². The molecule has 1 aromatic heterocycles. The largest absolute Gasteiger partial charge is 0.497 e. The molecule has 0 bridgehead atoms. The minimum absolute atomic E-state index is 0.275. The number of fused-ring (bicyclic) bond motifs is 2. The summed E-state index contributed by atoms with van der Waals surface area (Å²) in [5, 5.41) is 2.91. The van der Waals surface area contributed by atoms with E-state index in [2.05, 4.69) is 5.32 Å². The molecule has 1 fully saturated rings. The summed E-state index contributed by atoms with van der Waals surface area (Å²) in [7, 11) is 4.58. The van der Waals surface area contributed by atoms with Gasteiger partial charge in [0.05, 0.1) is 38.0 Å². The molecule has 3 heterocycles. The molecule has 1 saturated heterocycles. The molecule has 2 unspecified atom stereocenters. The van der Waals surface area contributed by atoms with Crippen molar-refractivity contribution >= 4 is 63.8 Å². The second kappa shape index (κ2) is 12.0. The third-order valence-corrected chi connectivity index (χ3v) is 10.4.